The fourth-order valence-electron chi connectivity index (χ4n) is 11.9. The number of allylic oxidation sites excluding steroid dienone is 8. The van der Waals surface area contributed by atoms with E-state index in [4.69, 9.17) is 0 Å². The fourth-order valence-corrected chi connectivity index (χ4v) is 12.4. The molecular weight excluding hydrogens is 704 g/mol. The van der Waals surface area contributed by atoms with Crippen LogP contribution in [0, 0.1) is 48.2 Å². The quantitative estimate of drug-likeness (QED) is 0.182. The number of fused-ring (bicyclic) bond motifs is 5. The van der Waals surface area contributed by atoms with Crippen molar-refractivity contribution in [1.82, 2.24) is 0 Å². The molecule has 0 saturated heterocycles. The molecule has 0 aliphatic heterocycles. The summed E-state index contributed by atoms with van der Waals surface area (Å²) in [6.07, 6.45) is 23.9. The van der Waals surface area contributed by atoms with E-state index >= 15 is 0 Å². The second kappa shape index (κ2) is 13.3. The van der Waals surface area contributed by atoms with E-state index in [9.17, 15) is 0 Å². The Morgan fingerprint density at radius 3 is 1.87 bits per heavy atom. The van der Waals surface area contributed by atoms with E-state index in [0.29, 0.717) is 11.3 Å². The van der Waals surface area contributed by atoms with Crippen LogP contribution in [0.4, 0.5) is 0 Å². The van der Waals surface area contributed by atoms with Gasteiger partial charge in [-0.2, -0.15) is 17.2 Å². The van der Waals surface area contributed by atoms with Gasteiger partial charge in [0.1, 0.15) is 0 Å². The first-order valence-corrected chi connectivity index (χ1v) is 21.6. The maximum atomic E-state index is 3.65. The van der Waals surface area contributed by atoms with Gasteiger partial charge in [-0.15, -0.1) is 11.6 Å². The topological polar surface area (TPSA) is 0 Å². The Morgan fingerprint density at radius 1 is 0.731 bits per heavy atom. The second-order valence-electron chi connectivity index (χ2n) is 19.1. The van der Waals surface area contributed by atoms with Gasteiger partial charge < -0.3 is 0 Å². The second-order valence-corrected chi connectivity index (χ2v) is 19.8. The zero-order valence-corrected chi connectivity index (χ0v) is 35.8. The van der Waals surface area contributed by atoms with Crippen molar-refractivity contribution in [3.05, 3.63) is 128 Å². The van der Waals surface area contributed by atoms with Crippen molar-refractivity contribution in [2.45, 2.75) is 125 Å². The van der Waals surface area contributed by atoms with Crippen LogP contribution in [0.15, 0.2) is 71.8 Å². The van der Waals surface area contributed by atoms with Gasteiger partial charge in [0.15, 0.2) is 0 Å². The van der Waals surface area contributed by atoms with Crippen LogP contribution < -0.4 is 0 Å². The van der Waals surface area contributed by atoms with Crippen LogP contribution in [0.1, 0.15) is 145 Å². The maximum absolute atomic E-state index is 3.65. The SMILES string of the molecule is CC1=[C-]C(C)(C)c2cc3c(cc21)-c1cc2c(cc1C3)C(C)(C)C=C2C.CC1=[C-]C(C)C=C1CC12CC3CC(CC(C3)C1)C2.Cc1ccc([CH]=[Zr+2])cc1. The summed E-state index contributed by atoms with van der Waals surface area (Å²) in [5, 5.41) is 0. The molecule has 0 spiro atoms. The van der Waals surface area contributed by atoms with Crippen molar-refractivity contribution in [1.29, 1.82) is 0 Å². The predicted molar refractivity (Wildman–Crippen MR) is 218 cm³/mol. The molecule has 1 heteroatoms. The molecule has 0 aromatic heterocycles. The molecular formula is C51H58Zr. The van der Waals surface area contributed by atoms with Gasteiger partial charge in [-0.05, 0) is 120 Å². The first kappa shape index (κ1) is 36.4. The molecule has 4 fully saturated rings. The Hall–Kier alpha value is -2.63. The summed E-state index contributed by atoms with van der Waals surface area (Å²) in [7, 11) is 0. The van der Waals surface area contributed by atoms with E-state index < -0.39 is 0 Å². The molecule has 1 unspecified atom stereocenters. The van der Waals surface area contributed by atoms with Crippen molar-refractivity contribution in [3.8, 4) is 11.1 Å². The van der Waals surface area contributed by atoms with Crippen molar-refractivity contribution >= 4 is 14.9 Å². The van der Waals surface area contributed by atoms with E-state index in [0.717, 1.165) is 24.2 Å². The summed E-state index contributed by atoms with van der Waals surface area (Å²) < 4.78 is 2.19. The number of aryl methyl sites for hydroxylation is 1. The van der Waals surface area contributed by atoms with Crippen molar-refractivity contribution in [3.63, 3.8) is 0 Å². The van der Waals surface area contributed by atoms with E-state index in [1.165, 1.54) is 103 Å². The summed E-state index contributed by atoms with van der Waals surface area (Å²) >= 11 is 1.47. The summed E-state index contributed by atoms with van der Waals surface area (Å²) in [4.78, 5) is 0. The van der Waals surface area contributed by atoms with Gasteiger partial charge in [0, 0.05) is 5.41 Å². The molecule has 52 heavy (non-hydrogen) atoms. The molecule has 0 radical (unpaired) electrons. The Morgan fingerprint density at radius 2 is 1.31 bits per heavy atom. The first-order valence-electron chi connectivity index (χ1n) is 20.2. The van der Waals surface area contributed by atoms with Gasteiger partial charge in [0.05, 0.1) is 0 Å². The third-order valence-electron chi connectivity index (χ3n) is 13.8. The van der Waals surface area contributed by atoms with Crippen LogP contribution in [-0.2, 0) is 41.5 Å². The third-order valence-corrected chi connectivity index (χ3v) is 14.6. The molecule has 266 valence electrons. The minimum absolute atomic E-state index is 0.0340. The number of hydrogen-bond acceptors (Lipinski definition) is 0. The van der Waals surface area contributed by atoms with Gasteiger partial charge in [-0.3, -0.25) is 12.2 Å². The third kappa shape index (κ3) is 6.69. The molecule has 3 aromatic carbocycles. The van der Waals surface area contributed by atoms with E-state index in [1.54, 1.807) is 44.1 Å². The van der Waals surface area contributed by atoms with Gasteiger partial charge in [0.2, 0.25) is 0 Å². The number of hydrogen-bond donors (Lipinski definition) is 0. The van der Waals surface area contributed by atoms with Gasteiger partial charge in [-0.1, -0.05) is 84.4 Å². The molecule has 0 heterocycles. The Labute approximate surface area is 330 Å². The fraction of sp³-hybridized carbons (Fsp3) is 0.471. The summed E-state index contributed by atoms with van der Waals surface area (Å²) in [6.45, 7) is 20.3. The molecule has 3 aromatic rings. The number of rotatable bonds is 3. The average Bonchev–Trinajstić information content (AvgIpc) is 3.72. The van der Waals surface area contributed by atoms with Gasteiger partial charge >= 0.3 is 70.3 Å². The summed E-state index contributed by atoms with van der Waals surface area (Å²) in [6, 6.07) is 18.4. The van der Waals surface area contributed by atoms with Crippen LogP contribution in [0.2, 0.25) is 0 Å². The summed E-state index contributed by atoms with van der Waals surface area (Å²) in [5.41, 5.74) is 21.0. The first-order chi connectivity index (χ1) is 24.6. The normalized spacial score (nSPS) is 28.6. The summed E-state index contributed by atoms with van der Waals surface area (Å²) in [5.74, 6) is 3.82. The van der Waals surface area contributed by atoms with Crippen LogP contribution in [0.25, 0.3) is 22.3 Å². The van der Waals surface area contributed by atoms with E-state index in [1.807, 2.05) is 0 Å². The van der Waals surface area contributed by atoms with Crippen molar-refractivity contribution in [2.75, 3.05) is 0 Å². The Balaban J connectivity index is 0.000000125. The molecule has 8 aliphatic rings. The molecule has 0 N–H and O–H groups in total. The van der Waals surface area contributed by atoms with Crippen LogP contribution >= 0.6 is 0 Å². The van der Waals surface area contributed by atoms with E-state index in [2.05, 4.69) is 139 Å². The van der Waals surface area contributed by atoms with Crippen LogP contribution in [-0.4, -0.2) is 3.71 Å². The van der Waals surface area contributed by atoms with Gasteiger partial charge in [-0.25, -0.2) is 11.1 Å². The molecule has 4 saturated carbocycles. The zero-order chi connectivity index (χ0) is 36.7. The van der Waals surface area contributed by atoms with Crippen LogP contribution in [0.3, 0.4) is 0 Å². The predicted octanol–water partition coefficient (Wildman–Crippen LogP) is 13.1. The molecule has 0 amide bonds. The molecule has 11 rings (SSSR count). The standard InChI is InChI=1S/C25H25.C18H25.C8H8.Zr/c1-14-12-24(3,4)22-8-16-7-17-9-23-19(15(2)13-25(23,5)6)11-21(17)20(16)10-18(14)22;1-12-3-13(2)17(4-12)11-18-8-14-5-15(9-18)7-16(6-14)10-18;1-7-3-5-8(2)6-4-7;/h8-12H,7H2,1-6H3;4,12,14-16H,5-11H2,1-2H3;1,3-6H,2H3;/q2*-1;;+2. The molecule has 8 aliphatic carbocycles. The average molecular weight is 762 g/mol. The molecule has 4 bridgehead atoms. The molecule has 0 nitrogen and oxygen atoms in total. The molecule has 1 atom stereocenters. The van der Waals surface area contributed by atoms with Crippen LogP contribution in [0.5, 0.6) is 0 Å². The zero-order valence-electron chi connectivity index (χ0n) is 33.3. The Bertz CT molecular complexity index is 1950. The number of benzene rings is 3. The van der Waals surface area contributed by atoms with E-state index in [-0.39, 0.29) is 10.8 Å². The minimum atomic E-state index is 0.0340. The van der Waals surface area contributed by atoms with Crippen molar-refractivity contribution < 1.29 is 24.2 Å². The van der Waals surface area contributed by atoms with Gasteiger partial charge in [0.25, 0.3) is 0 Å². The monoisotopic (exact) mass is 760 g/mol. The van der Waals surface area contributed by atoms with Crippen molar-refractivity contribution in [2.24, 2.45) is 29.1 Å². The Kier molecular flexibility index (Phi) is 9.29.